The number of amides is 1. The molecule has 1 aliphatic carbocycles. The molecule has 2 atom stereocenters. The van der Waals surface area contributed by atoms with E-state index < -0.39 is 18.5 Å². The largest absolute Gasteiger partial charge is 0.497 e. The Labute approximate surface area is 220 Å². The quantitative estimate of drug-likeness (QED) is 0.430. The lowest BCUT2D eigenvalue weighted by atomic mass is 9.77. The van der Waals surface area contributed by atoms with Crippen LogP contribution in [0.4, 0.5) is 0 Å². The summed E-state index contributed by atoms with van der Waals surface area (Å²) in [5, 5.41) is 6.30. The average molecular weight is 513 g/mol. The van der Waals surface area contributed by atoms with Gasteiger partial charge in [-0.2, -0.15) is 5.10 Å². The summed E-state index contributed by atoms with van der Waals surface area (Å²) in [6, 6.07) is 15.2. The van der Waals surface area contributed by atoms with Crippen molar-refractivity contribution in [3.8, 4) is 11.5 Å². The molecule has 38 heavy (non-hydrogen) atoms. The van der Waals surface area contributed by atoms with Gasteiger partial charge in [-0.3, -0.25) is 9.78 Å². The van der Waals surface area contributed by atoms with Gasteiger partial charge in [0.25, 0.3) is 5.91 Å². The lowest BCUT2D eigenvalue weighted by Crippen LogP contribution is -2.34. The molecular formula is C29H28N4O5. The molecule has 2 heterocycles. The van der Waals surface area contributed by atoms with Crippen LogP contribution in [0, 0.1) is 5.92 Å². The zero-order chi connectivity index (χ0) is 26.5. The Bertz CT molecular complexity index is 1350. The number of carbonyl (C=O) groups is 2. The molecule has 194 valence electrons. The van der Waals surface area contributed by atoms with Crippen molar-refractivity contribution >= 4 is 23.7 Å². The van der Waals surface area contributed by atoms with Crippen LogP contribution in [0.3, 0.4) is 0 Å². The predicted molar refractivity (Wildman–Crippen MR) is 141 cm³/mol. The number of hydrogen-bond donors (Lipinski definition) is 0. The highest BCUT2D eigenvalue weighted by Gasteiger charge is 2.43. The van der Waals surface area contributed by atoms with Crippen LogP contribution < -0.4 is 9.47 Å². The highest BCUT2D eigenvalue weighted by atomic mass is 16.5. The van der Waals surface area contributed by atoms with Crippen LogP contribution in [-0.4, -0.2) is 53.4 Å². The van der Waals surface area contributed by atoms with E-state index in [1.165, 1.54) is 23.6 Å². The van der Waals surface area contributed by atoms with Gasteiger partial charge in [0.05, 0.1) is 32.2 Å². The monoisotopic (exact) mass is 512 g/mol. The summed E-state index contributed by atoms with van der Waals surface area (Å²) in [5.41, 5.74) is 4.00. The van der Waals surface area contributed by atoms with E-state index >= 15 is 0 Å². The van der Waals surface area contributed by atoms with Crippen molar-refractivity contribution in [3.05, 3.63) is 89.5 Å². The summed E-state index contributed by atoms with van der Waals surface area (Å²) in [4.78, 5) is 33.6. The maximum Gasteiger partial charge on any atom is 0.359 e. The van der Waals surface area contributed by atoms with Gasteiger partial charge in [-0.15, -0.1) is 0 Å². The normalized spacial score (nSPS) is 19.5. The molecule has 9 nitrogen and oxygen atoms in total. The number of ether oxygens (including phenoxy) is 3. The Morgan fingerprint density at radius 2 is 1.71 bits per heavy atom. The van der Waals surface area contributed by atoms with Crippen molar-refractivity contribution in [1.82, 2.24) is 15.0 Å². The average Bonchev–Trinajstić information content (AvgIpc) is 3.37. The van der Waals surface area contributed by atoms with Gasteiger partial charge >= 0.3 is 5.97 Å². The number of fused-ring (bicyclic) bond motifs is 1. The molecule has 0 N–H and O–H groups in total. The van der Waals surface area contributed by atoms with Crippen LogP contribution in [0.25, 0.3) is 6.08 Å². The molecule has 1 saturated carbocycles. The van der Waals surface area contributed by atoms with Crippen molar-refractivity contribution in [3.63, 3.8) is 0 Å². The molecule has 5 rings (SSSR count). The minimum Gasteiger partial charge on any atom is -0.497 e. The zero-order valence-corrected chi connectivity index (χ0v) is 21.2. The molecule has 0 spiro atoms. The summed E-state index contributed by atoms with van der Waals surface area (Å²) in [6.45, 7) is -0.455. The number of rotatable bonds is 7. The number of carbonyl (C=O) groups excluding carboxylic acids is 2. The molecular weight excluding hydrogens is 484 g/mol. The van der Waals surface area contributed by atoms with E-state index in [-0.39, 0.29) is 17.7 Å². The Kier molecular flexibility index (Phi) is 7.44. The third kappa shape index (κ3) is 5.27. The Hall–Kier alpha value is -4.53. The summed E-state index contributed by atoms with van der Waals surface area (Å²) in [5.74, 6) is 0.415. The van der Waals surface area contributed by atoms with Crippen molar-refractivity contribution in [2.45, 2.75) is 25.3 Å². The Morgan fingerprint density at radius 1 is 1.00 bits per heavy atom. The maximum absolute atomic E-state index is 13.4. The SMILES string of the molecule is COc1ccc(C=C2CCCC3C2=NN(C(=O)COC(=O)c2cnccn2)C3c2ccc(OC)cc2)cc1. The fraction of sp³-hybridized carbons (Fsp3) is 0.276. The van der Waals surface area contributed by atoms with E-state index in [0.29, 0.717) is 0 Å². The van der Waals surface area contributed by atoms with Crippen molar-refractivity contribution < 1.29 is 23.8 Å². The second kappa shape index (κ2) is 11.2. The zero-order valence-electron chi connectivity index (χ0n) is 21.2. The summed E-state index contributed by atoms with van der Waals surface area (Å²) < 4.78 is 15.9. The number of benzene rings is 2. The van der Waals surface area contributed by atoms with Gasteiger partial charge in [-0.05, 0) is 66.3 Å². The lowest BCUT2D eigenvalue weighted by Gasteiger charge is -2.29. The van der Waals surface area contributed by atoms with Crippen LogP contribution in [-0.2, 0) is 9.53 Å². The topological polar surface area (TPSA) is 103 Å². The molecule has 9 heteroatoms. The third-order valence-electron chi connectivity index (χ3n) is 6.77. The molecule has 0 radical (unpaired) electrons. The van der Waals surface area contributed by atoms with Crippen molar-refractivity contribution in [2.75, 3.05) is 20.8 Å². The second-order valence-electron chi connectivity index (χ2n) is 9.05. The lowest BCUT2D eigenvalue weighted by molar-refractivity contribution is -0.137. The van der Waals surface area contributed by atoms with Gasteiger partial charge in [-0.25, -0.2) is 14.8 Å². The van der Waals surface area contributed by atoms with Gasteiger partial charge in [0.1, 0.15) is 11.5 Å². The predicted octanol–water partition coefficient (Wildman–Crippen LogP) is 4.47. The van der Waals surface area contributed by atoms with Crippen LogP contribution in [0.5, 0.6) is 11.5 Å². The minimum absolute atomic E-state index is 0.0151. The van der Waals surface area contributed by atoms with Gasteiger partial charge < -0.3 is 14.2 Å². The minimum atomic E-state index is -0.711. The van der Waals surface area contributed by atoms with E-state index in [2.05, 4.69) is 16.0 Å². The molecule has 2 aliphatic rings. The molecule has 1 aliphatic heterocycles. The number of esters is 1. The van der Waals surface area contributed by atoms with Crippen LogP contribution in [0.1, 0.15) is 46.9 Å². The molecule has 2 unspecified atom stereocenters. The number of hydrogen-bond acceptors (Lipinski definition) is 8. The van der Waals surface area contributed by atoms with Gasteiger partial charge in [0.15, 0.2) is 12.3 Å². The number of nitrogens with zero attached hydrogens (tertiary/aromatic N) is 4. The van der Waals surface area contributed by atoms with Gasteiger partial charge in [-0.1, -0.05) is 24.3 Å². The highest BCUT2D eigenvalue weighted by molar-refractivity contribution is 6.08. The molecule has 3 aromatic rings. The standard InChI is InChI=1S/C29H28N4O5/c1-36-22-10-6-19(7-11-22)16-21-4-3-5-24-27(21)32-33(28(24)20-8-12-23(37-2)13-9-20)26(34)18-38-29(35)25-17-30-14-15-31-25/h6-17,24,28H,3-5,18H2,1-2H3. The van der Waals surface area contributed by atoms with Crippen molar-refractivity contribution in [1.29, 1.82) is 0 Å². The van der Waals surface area contributed by atoms with Crippen LogP contribution in [0.15, 0.2) is 77.8 Å². The maximum atomic E-state index is 13.4. The Morgan fingerprint density at radius 3 is 2.37 bits per heavy atom. The summed E-state index contributed by atoms with van der Waals surface area (Å²) >= 11 is 0. The summed E-state index contributed by atoms with van der Waals surface area (Å²) in [7, 11) is 3.26. The molecule has 1 fully saturated rings. The van der Waals surface area contributed by atoms with E-state index in [0.717, 1.165) is 53.2 Å². The fourth-order valence-corrected chi connectivity index (χ4v) is 4.91. The fourth-order valence-electron chi connectivity index (χ4n) is 4.91. The Balaban J connectivity index is 1.44. The molecule has 0 saturated heterocycles. The number of allylic oxidation sites excluding steroid dienone is 1. The van der Waals surface area contributed by atoms with E-state index in [1.807, 2.05) is 48.5 Å². The first-order chi connectivity index (χ1) is 18.6. The smallest absolute Gasteiger partial charge is 0.359 e. The number of hydrazone groups is 1. The third-order valence-corrected chi connectivity index (χ3v) is 6.77. The van der Waals surface area contributed by atoms with E-state index in [4.69, 9.17) is 19.3 Å². The van der Waals surface area contributed by atoms with Crippen LogP contribution >= 0.6 is 0 Å². The highest BCUT2D eigenvalue weighted by Crippen LogP contribution is 2.44. The van der Waals surface area contributed by atoms with E-state index in [9.17, 15) is 9.59 Å². The van der Waals surface area contributed by atoms with Crippen LogP contribution in [0.2, 0.25) is 0 Å². The van der Waals surface area contributed by atoms with E-state index in [1.54, 1.807) is 14.2 Å². The molecule has 1 amide bonds. The van der Waals surface area contributed by atoms with Crippen molar-refractivity contribution in [2.24, 2.45) is 11.0 Å². The molecule has 2 aromatic carbocycles. The van der Waals surface area contributed by atoms with Gasteiger partial charge in [0, 0.05) is 18.3 Å². The number of methoxy groups -OCH3 is 2. The van der Waals surface area contributed by atoms with Gasteiger partial charge in [0.2, 0.25) is 0 Å². The first-order valence-electron chi connectivity index (χ1n) is 12.4. The molecule has 0 bridgehead atoms. The second-order valence-corrected chi connectivity index (χ2v) is 9.05. The first kappa shape index (κ1) is 25.1. The summed E-state index contributed by atoms with van der Waals surface area (Å²) in [6.07, 6.45) is 9.00. The first-order valence-corrected chi connectivity index (χ1v) is 12.4. The number of aromatic nitrogens is 2. The molecule has 1 aromatic heterocycles.